The molecule has 1 N–H and O–H groups in total. The highest BCUT2D eigenvalue weighted by Crippen LogP contribution is 2.34. The average Bonchev–Trinajstić information content (AvgIpc) is 3.45. The number of carbonyl (C=O) groups excluding carboxylic acids is 1. The van der Waals surface area contributed by atoms with Gasteiger partial charge in [-0.25, -0.2) is 0 Å². The molecule has 2 aromatic heterocycles. The molecule has 4 aromatic rings. The van der Waals surface area contributed by atoms with Gasteiger partial charge in [-0.05, 0) is 36.4 Å². The second-order valence-corrected chi connectivity index (χ2v) is 7.56. The molecule has 1 aliphatic rings. The van der Waals surface area contributed by atoms with Gasteiger partial charge in [0.1, 0.15) is 0 Å². The molecule has 3 heterocycles. The number of amides is 1. The van der Waals surface area contributed by atoms with Gasteiger partial charge in [0.15, 0.2) is 22.5 Å². The summed E-state index contributed by atoms with van der Waals surface area (Å²) in [4.78, 5) is 16.6. The lowest BCUT2D eigenvalue weighted by atomic mass is 10.2. The first-order chi connectivity index (χ1) is 15.3. The van der Waals surface area contributed by atoms with Crippen molar-refractivity contribution in [1.29, 1.82) is 0 Å². The molecule has 0 aliphatic carbocycles. The standard InChI is InChI=1S/C22H17N5O3S/c28-20(24-16-6-7-18-19(12-16)30-14-29-18)13-31-22-26-25-21(15-8-10-23-11-9-15)27(22)17-4-2-1-3-5-17/h1-12H,13-14H2,(H,24,28). The number of nitrogens with zero attached hydrogens (tertiary/aromatic N) is 4. The molecule has 2 aromatic carbocycles. The van der Waals surface area contributed by atoms with Gasteiger partial charge in [0.25, 0.3) is 0 Å². The first-order valence-electron chi connectivity index (χ1n) is 9.51. The van der Waals surface area contributed by atoms with Crippen LogP contribution < -0.4 is 14.8 Å². The summed E-state index contributed by atoms with van der Waals surface area (Å²) in [5.41, 5.74) is 2.46. The Morgan fingerprint density at radius 3 is 2.65 bits per heavy atom. The number of fused-ring (bicyclic) bond motifs is 1. The fourth-order valence-corrected chi connectivity index (χ4v) is 3.91. The number of hydrogen-bond acceptors (Lipinski definition) is 7. The molecule has 9 heteroatoms. The molecular formula is C22H17N5O3S. The topological polar surface area (TPSA) is 91.2 Å². The van der Waals surface area contributed by atoms with Crippen molar-refractivity contribution < 1.29 is 14.3 Å². The minimum absolute atomic E-state index is 0.156. The molecule has 0 atom stereocenters. The van der Waals surface area contributed by atoms with Gasteiger partial charge >= 0.3 is 0 Å². The molecule has 0 saturated carbocycles. The van der Waals surface area contributed by atoms with Crippen LogP contribution in [-0.4, -0.2) is 38.2 Å². The summed E-state index contributed by atoms with van der Waals surface area (Å²) in [5, 5.41) is 12.2. The molecular weight excluding hydrogens is 414 g/mol. The highest BCUT2D eigenvalue weighted by molar-refractivity contribution is 7.99. The van der Waals surface area contributed by atoms with E-state index in [0.717, 1.165) is 11.3 Å². The van der Waals surface area contributed by atoms with Crippen molar-refractivity contribution in [3.05, 3.63) is 73.1 Å². The monoisotopic (exact) mass is 431 g/mol. The first-order valence-corrected chi connectivity index (χ1v) is 10.5. The Bertz CT molecular complexity index is 1210. The van der Waals surface area contributed by atoms with E-state index >= 15 is 0 Å². The molecule has 154 valence electrons. The van der Waals surface area contributed by atoms with Crippen LogP contribution in [0.4, 0.5) is 5.69 Å². The van der Waals surface area contributed by atoms with Crippen LogP contribution >= 0.6 is 11.8 Å². The molecule has 0 bridgehead atoms. The molecule has 0 spiro atoms. The molecule has 8 nitrogen and oxygen atoms in total. The number of thioether (sulfide) groups is 1. The van der Waals surface area contributed by atoms with Crippen LogP contribution in [0.3, 0.4) is 0 Å². The van der Waals surface area contributed by atoms with Gasteiger partial charge in [0, 0.05) is 35.4 Å². The van der Waals surface area contributed by atoms with Gasteiger partial charge in [0.2, 0.25) is 12.7 Å². The number of nitrogens with one attached hydrogen (secondary N) is 1. The maximum atomic E-state index is 12.5. The Morgan fingerprint density at radius 2 is 1.81 bits per heavy atom. The fraction of sp³-hybridized carbons (Fsp3) is 0.0909. The summed E-state index contributed by atoms with van der Waals surface area (Å²) in [5.74, 6) is 2.00. The van der Waals surface area contributed by atoms with Crippen LogP contribution in [0, 0.1) is 0 Å². The van der Waals surface area contributed by atoms with Crippen LogP contribution in [0.1, 0.15) is 0 Å². The van der Waals surface area contributed by atoms with Crippen molar-refractivity contribution in [2.45, 2.75) is 5.16 Å². The largest absolute Gasteiger partial charge is 0.454 e. The minimum Gasteiger partial charge on any atom is -0.454 e. The number of rotatable bonds is 6. The zero-order chi connectivity index (χ0) is 21.0. The van der Waals surface area contributed by atoms with Gasteiger partial charge in [-0.3, -0.25) is 14.3 Å². The van der Waals surface area contributed by atoms with Crippen LogP contribution in [0.5, 0.6) is 11.5 Å². The molecule has 31 heavy (non-hydrogen) atoms. The Hall–Kier alpha value is -3.85. The zero-order valence-corrected chi connectivity index (χ0v) is 17.1. The molecule has 0 fully saturated rings. The summed E-state index contributed by atoms with van der Waals surface area (Å²) < 4.78 is 12.6. The van der Waals surface area contributed by atoms with Crippen LogP contribution in [0.2, 0.25) is 0 Å². The Morgan fingerprint density at radius 1 is 1.00 bits per heavy atom. The minimum atomic E-state index is -0.156. The number of pyridine rings is 1. The van der Waals surface area contributed by atoms with E-state index in [4.69, 9.17) is 9.47 Å². The highest BCUT2D eigenvalue weighted by atomic mass is 32.2. The van der Waals surface area contributed by atoms with Gasteiger partial charge in [-0.15, -0.1) is 10.2 Å². The predicted molar refractivity (Wildman–Crippen MR) is 117 cm³/mol. The van der Waals surface area contributed by atoms with E-state index in [1.54, 1.807) is 30.6 Å². The summed E-state index contributed by atoms with van der Waals surface area (Å²) in [6.45, 7) is 0.192. The first kappa shape index (κ1) is 19.1. The number of carbonyl (C=O) groups is 1. The van der Waals surface area contributed by atoms with Crippen molar-refractivity contribution in [2.24, 2.45) is 0 Å². The lowest BCUT2D eigenvalue weighted by Crippen LogP contribution is -2.14. The Labute approximate surface area is 182 Å². The van der Waals surface area contributed by atoms with Crippen molar-refractivity contribution in [3.8, 4) is 28.6 Å². The summed E-state index contributed by atoms with van der Waals surface area (Å²) in [7, 11) is 0. The molecule has 0 saturated heterocycles. The van der Waals surface area contributed by atoms with E-state index in [1.807, 2.05) is 47.0 Å². The Kier molecular flexibility index (Phi) is 5.24. The molecule has 1 amide bonds. The quantitative estimate of drug-likeness (QED) is 0.465. The van der Waals surface area contributed by atoms with E-state index in [9.17, 15) is 4.79 Å². The predicted octanol–water partition coefficient (Wildman–Crippen LogP) is 3.79. The number of para-hydroxylation sites is 1. The van der Waals surface area contributed by atoms with E-state index in [0.29, 0.717) is 28.2 Å². The van der Waals surface area contributed by atoms with Crippen molar-refractivity contribution >= 4 is 23.4 Å². The third kappa shape index (κ3) is 4.08. The summed E-state index contributed by atoms with van der Waals surface area (Å²) in [6.07, 6.45) is 3.43. The SMILES string of the molecule is O=C(CSc1nnc(-c2ccncc2)n1-c1ccccc1)Nc1ccc2c(c1)OCO2. The number of benzene rings is 2. The Balaban J connectivity index is 1.35. The van der Waals surface area contributed by atoms with Crippen molar-refractivity contribution in [1.82, 2.24) is 19.7 Å². The van der Waals surface area contributed by atoms with E-state index in [2.05, 4.69) is 20.5 Å². The van der Waals surface area contributed by atoms with E-state index < -0.39 is 0 Å². The third-order valence-corrected chi connectivity index (χ3v) is 5.50. The fourth-order valence-electron chi connectivity index (χ4n) is 3.16. The smallest absolute Gasteiger partial charge is 0.234 e. The van der Waals surface area contributed by atoms with Crippen LogP contribution in [-0.2, 0) is 4.79 Å². The van der Waals surface area contributed by atoms with E-state index in [1.165, 1.54) is 11.8 Å². The second-order valence-electron chi connectivity index (χ2n) is 6.62. The molecule has 0 radical (unpaired) electrons. The molecule has 1 aliphatic heterocycles. The third-order valence-electron chi connectivity index (χ3n) is 4.57. The maximum absolute atomic E-state index is 12.5. The lowest BCUT2D eigenvalue weighted by Gasteiger charge is -2.10. The zero-order valence-electron chi connectivity index (χ0n) is 16.3. The second kappa shape index (κ2) is 8.49. The van der Waals surface area contributed by atoms with Crippen molar-refractivity contribution in [3.63, 3.8) is 0 Å². The maximum Gasteiger partial charge on any atom is 0.234 e. The number of aromatic nitrogens is 4. The number of anilines is 1. The van der Waals surface area contributed by atoms with Gasteiger partial charge in [0.05, 0.1) is 5.75 Å². The molecule has 5 rings (SSSR count). The lowest BCUT2D eigenvalue weighted by molar-refractivity contribution is -0.113. The van der Waals surface area contributed by atoms with Crippen LogP contribution in [0.15, 0.2) is 78.2 Å². The normalized spacial score (nSPS) is 12.0. The number of ether oxygens (including phenoxy) is 2. The summed E-state index contributed by atoms with van der Waals surface area (Å²) >= 11 is 1.32. The molecule has 0 unspecified atom stereocenters. The van der Waals surface area contributed by atoms with Gasteiger partial charge in [-0.1, -0.05) is 30.0 Å². The summed E-state index contributed by atoms with van der Waals surface area (Å²) in [6, 6.07) is 18.9. The van der Waals surface area contributed by atoms with E-state index in [-0.39, 0.29) is 18.5 Å². The van der Waals surface area contributed by atoms with Crippen LogP contribution in [0.25, 0.3) is 17.1 Å². The average molecular weight is 431 g/mol. The highest BCUT2D eigenvalue weighted by Gasteiger charge is 2.18. The number of hydrogen-bond donors (Lipinski definition) is 1. The van der Waals surface area contributed by atoms with Gasteiger partial charge in [-0.2, -0.15) is 0 Å². The van der Waals surface area contributed by atoms with Crippen molar-refractivity contribution in [2.75, 3.05) is 17.9 Å². The van der Waals surface area contributed by atoms with Gasteiger partial charge < -0.3 is 14.8 Å².